The molecule has 5 heteroatoms. The van der Waals surface area contributed by atoms with Crippen molar-refractivity contribution in [3.8, 4) is 11.4 Å². The highest BCUT2D eigenvalue weighted by molar-refractivity contribution is 6.17. The zero-order chi connectivity index (χ0) is 10.7. The van der Waals surface area contributed by atoms with E-state index in [9.17, 15) is 4.39 Å². The SMILES string of the molecule is Fc1ccc(-c2noc(CCCl)n2)cc1. The van der Waals surface area contributed by atoms with Gasteiger partial charge in [0.05, 0.1) is 0 Å². The zero-order valence-corrected chi connectivity index (χ0v) is 8.54. The Labute approximate surface area is 90.9 Å². The van der Waals surface area contributed by atoms with Gasteiger partial charge in [-0.25, -0.2) is 4.39 Å². The van der Waals surface area contributed by atoms with Crippen molar-refractivity contribution in [3.05, 3.63) is 36.0 Å². The summed E-state index contributed by atoms with van der Waals surface area (Å²) in [6.07, 6.45) is 0.537. The summed E-state index contributed by atoms with van der Waals surface area (Å²) >= 11 is 5.53. The Morgan fingerprint density at radius 3 is 2.67 bits per heavy atom. The van der Waals surface area contributed by atoms with Crippen LogP contribution in [0.3, 0.4) is 0 Å². The van der Waals surface area contributed by atoms with Crippen molar-refractivity contribution in [2.75, 3.05) is 5.88 Å². The third kappa shape index (κ3) is 2.33. The van der Waals surface area contributed by atoms with Crippen LogP contribution in [0.25, 0.3) is 11.4 Å². The molecule has 0 N–H and O–H groups in total. The van der Waals surface area contributed by atoms with E-state index in [0.717, 1.165) is 5.56 Å². The van der Waals surface area contributed by atoms with Crippen LogP contribution in [0.15, 0.2) is 28.8 Å². The lowest BCUT2D eigenvalue weighted by molar-refractivity contribution is 0.383. The van der Waals surface area contributed by atoms with Gasteiger partial charge in [-0.15, -0.1) is 11.6 Å². The summed E-state index contributed by atoms with van der Waals surface area (Å²) in [4.78, 5) is 4.12. The number of aryl methyl sites for hydroxylation is 1. The van der Waals surface area contributed by atoms with Gasteiger partial charge in [0.1, 0.15) is 5.82 Å². The number of alkyl halides is 1. The van der Waals surface area contributed by atoms with Crippen molar-refractivity contribution >= 4 is 11.6 Å². The third-order valence-corrected chi connectivity index (χ3v) is 2.07. The molecule has 0 bridgehead atoms. The number of rotatable bonds is 3. The van der Waals surface area contributed by atoms with Crippen LogP contribution in [-0.4, -0.2) is 16.0 Å². The first-order valence-electron chi connectivity index (χ1n) is 4.44. The van der Waals surface area contributed by atoms with Gasteiger partial charge in [-0.3, -0.25) is 0 Å². The molecule has 1 aromatic heterocycles. The molecule has 0 unspecified atom stereocenters. The van der Waals surface area contributed by atoms with Gasteiger partial charge in [-0.2, -0.15) is 4.98 Å². The minimum Gasteiger partial charge on any atom is -0.339 e. The van der Waals surface area contributed by atoms with E-state index in [-0.39, 0.29) is 5.82 Å². The normalized spacial score (nSPS) is 10.5. The van der Waals surface area contributed by atoms with Crippen LogP contribution < -0.4 is 0 Å². The smallest absolute Gasteiger partial charge is 0.228 e. The largest absolute Gasteiger partial charge is 0.339 e. The maximum atomic E-state index is 12.6. The minimum absolute atomic E-state index is 0.289. The Hall–Kier alpha value is -1.42. The molecule has 0 atom stereocenters. The lowest BCUT2D eigenvalue weighted by atomic mass is 10.2. The fourth-order valence-corrected chi connectivity index (χ4v) is 1.32. The van der Waals surface area contributed by atoms with E-state index in [1.165, 1.54) is 12.1 Å². The van der Waals surface area contributed by atoms with Gasteiger partial charge in [0.25, 0.3) is 0 Å². The highest BCUT2D eigenvalue weighted by Gasteiger charge is 2.07. The molecular formula is C10H8ClFN2O. The maximum absolute atomic E-state index is 12.6. The van der Waals surface area contributed by atoms with Gasteiger partial charge in [-0.05, 0) is 24.3 Å². The molecule has 0 saturated carbocycles. The van der Waals surface area contributed by atoms with Crippen molar-refractivity contribution in [1.29, 1.82) is 0 Å². The number of aromatic nitrogens is 2. The Morgan fingerprint density at radius 2 is 2.00 bits per heavy atom. The number of halogens is 2. The second kappa shape index (κ2) is 4.40. The van der Waals surface area contributed by atoms with Gasteiger partial charge >= 0.3 is 0 Å². The molecule has 1 aromatic carbocycles. The first-order chi connectivity index (χ1) is 7.29. The molecule has 0 aliphatic rings. The van der Waals surface area contributed by atoms with Gasteiger partial charge in [0.2, 0.25) is 11.7 Å². The summed E-state index contributed by atoms with van der Waals surface area (Å²) in [7, 11) is 0. The summed E-state index contributed by atoms with van der Waals surface area (Å²) in [5, 5.41) is 3.77. The Morgan fingerprint density at radius 1 is 1.27 bits per heavy atom. The Balaban J connectivity index is 2.25. The number of nitrogens with zero attached hydrogens (tertiary/aromatic N) is 2. The lowest BCUT2D eigenvalue weighted by Gasteiger charge is -1.92. The quantitative estimate of drug-likeness (QED) is 0.756. The molecule has 15 heavy (non-hydrogen) atoms. The van der Waals surface area contributed by atoms with Gasteiger partial charge < -0.3 is 4.52 Å². The van der Waals surface area contributed by atoms with Crippen LogP contribution in [0.2, 0.25) is 0 Å². The average molecular weight is 227 g/mol. The molecule has 78 valence electrons. The van der Waals surface area contributed by atoms with E-state index in [4.69, 9.17) is 16.1 Å². The summed E-state index contributed by atoms with van der Waals surface area (Å²) in [5.41, 5.74) is 0.723. The predicted octanol–water partition coefficient (Wildman–Crippen LogP) is 2.66. The van der Waals surface area contributed by atoms with Gasteiger partial charge in [0, 0.05) is 17.9 Å². The average Bonchev–Trinajstić information content (AvgIpc) is 2.68. The Bertz CT molecular complexity index is 441. The molecule has 0 spiro atoms. The monoisotopic (exact) mass is 226 g/mol. The van der Waals surface area contributed by atoms with E-state index < -0.39 is 0 Å². The van der Waals surface area contributed by atoms with Crippen molar-refractivity contribution in [2.24, 2.45) is 0 Å². The zero-order valence-electron chi connectivity index (χ0n) is 7.78. The van der Waals surface area contributed by atoms with E-state index >= 15 is 0 Å². The van der Waals surface area contributed by atoms with Crippen LogP contribution in [0.4, 0.5) is 4.39 Å². The number of hydrogen-bond donors (Lipinski definition) is 0. The second-order valence-electron chi connectivity index (χ2n) is 2.96. The van der Waals surface area contributed by atoms with E-state index in [1.807, 2.05) is 0 Å². The third-order valence-electron chi connectivity index (χ3n) is 1.88. The van der Waals surface area contributed by atoms with Crippen molar-refractivity contribution < 1.29 is 8.91 Å². The first kappa shape index (κ1) is 10.1. The molecule has 0 fully saturated rings. The van der Waals surface area contributed by atoms with Crippen molar-refractivity contribution in [1.82, 2.24) is 10.1 Å². The standard InChI is InChI=1S/C10H8ClFN2O/c11-6-5-9-13-10(14-15-9)7-1-3-8(12)4-2-7/h1-4H,5-6H2. The molecule has 0 amide bonds. The first-order valence-corrected chi connectivity index (χ1v) is 4.97. The summed E-state index contributed by atoms with van der Waals surface area (Å²) in [6, 6.07) is 5.91. The Kier molecular flexibility index (Phi) is 2.97. The van der Waals surface area contributed by atoms with Crippen molar-refractivity contribution in [3.63, 3.8) is 0 Å². The van der Waals surface area contributed by atoms with Crippen LogP contribution in [0.1, 0.15) is 5.89 Å². The van der Waals surface area contributed by atoms with Crippen LogP contribution in [-0.2, 0) is 6.42 Å². The highest BCUT2D eigenvalue weighted by atomic mass is 35.5. The van der Waals surface area contributed by atoms with Crippen LogP contribution >= 0.6 is 11.6 Å². The summed E-state index contributed by atoms with van der Waals surface area (Å²) in [5.74, 6) is 1.09. The molecule has 0 aliphatic heterocycles. The summed E-state index contributed by atoms with van der Waals surface area (Å²) < 4.78 is 17.6. The fourth-order valence-electron chi connectivity index (χ4n) is 1.15. The van der Waals surface area contributed by atoms with Gasteiger partial charge in [0.15, 0.2) is 0 Å². The predicted molar refractivity (Wildman–Crippen MR) is 54.1 cm³/mol. The molecule has 1 heterocycles. The highest BCUT2D eigenvalue weighted by Crippen LogP contribution is 2.16. The molecule has 0 aliphatic carbocycles. The fraction of sp³-hybridized carbons (Fsp3) is 0.200. The van der Waals surface area contributed by atoms with Crippen LogP contribution in [0.5, 0.6) is 0 Å². The second-order valence-corrected chi connectivity index (χ2v) is 3.34. The van der Waals surface area contributed by atoms with Gasteiger partial charge in [-0.1, -0.05) is 5.16 Å². The van der Waals surface area contributed by atoms with Crippen LogP contribution in [0, 0.1) is 5.82 Å². The molecular weight excluding hydrogens is 219 g/mol. The topological polar surface area (TPSA) is 38.9 Å². The van der Waals surface area contributed by atoms with E-state index in [1.54, 1.807) is 12.1 Å². The van der Waals surface area contributed by atoms with E-state index in [2.05, 4.69) is 10.1 Å². The lowest BCUT2D eigenvalue weighted by Crippen LogP contribution is -1.86. The number of benzene rings is 1. The van der Waals surface area contributed by atoms with Crippen molar-refractivity contribution in [2.45, 2.75) is 6.42 Å². The molecule has 0 saturated heterocycles. The molecule has 2 aromatic rings. The molecule has 2 rings (SSSR count). The molecule has 0 radical (unpaired) electrons. The minimum atomic E-state index is -0.289. The maximum Gasteiger partial charge on any atom is 0.228 e. The number of hydrogen-bond acceptors (Lipinski definition) is 3. The molecule has 3 nitrogen and oxygen atoms in total. The van der Waals surface area contributed by atoms with E-state index in [0.29, 0.717) is 24.0 Å². The summed E-state index contributed by atoms with van der Waals surface area (Å²) in [6.45, 7) is 0.